The van der Waals surface area contributed by atoms with Gasteiger partial charge in [0.1, 0.15) is 0 Å². The van der Waals surface area contributed by atoms with E-state index in [1.165, 1.54) is 10.5 Å². The van der Waals surface area contributed by atoms with Crippen LogP contribution in [0, 0.1) is 0 Å². The van der Waals surface area contributed by atoms with E-state index in [0.29, 0.717) is 24.3 Å². The Kier molecular flexibility index (Phi) is 5.13. The Hall–Kier alpha value is -3.46. The number of amides is 3. The molecule has 3 heterocycles. The summed E-state index contributed by atoms with van der Waals surface area (Å²) in [6.45, 7) is 1.20. The predicted molar refractivity (Wildman–Crippen MR) is 108 cm³/mol. The first-order chi connectivity index (χ1) is 14.1. The minimum absolute atomic E-state index is 0.102. The van der Waals surface area contributed by atoms with Crippen LogP contribution in [0.3, 0.4) is 0 Å². The third-order valence-corrected chi connectivity index (χ3v) is 5.10. The van der Waals surface area contributed by atoms with Gasteiger partial charge in [-0.15, -0.1) is 0 Å². The number of aliphatic hydroxyl groups excluding tert-OH is 1. The third kappa shape index (κ3) is 3.77. The van der Waals surface area contributed by atoms with Crippen LogP contribution in [-0.2, 0) is 13.0 Å². The molecular formula is C20H22N6O3. The molecule has 0 fully saturated rings. The quantitative estimate of drug-likeness (QED) is 0.622. The summed E-state index contributed by atoms with van der Waals surface area (Å²) in [4.78, 5) is 32.6. The number of carbonyl (C=O) groups is 2. The summed E-state index contributed by atoms with van der Waals surface area (Å²) in [7, 11) is 1.63. The zero-order valence-electron chi connectivity index (χ0n) is 16.1. The number of aromatic nitrogens is 3. The van der Waals surface area contributed by atoms with Gasteiger partial charge in [-0.05, 0) is 35.7 Å². The largest absolute Gasteiger partial charge is 0.395 e. The van der Waals surface area contributed by atoms with Crippen LogP contribution < -0.4 is 5.32 Å². The number of nitrogens with zero attached hydrogens (tertiary/aromatic N) is 4. The van der Waals surface area contributed by atoms with E-state index in [0.717, 1.165) is 23.0 Å². The zero-order chi connectivity index (χ0) is 20.4. The minimum atomic E-state index is -0.226. The molecule has 9 heteroatoms. The van der Waals surface area contributed by atoms with Gasteiger partial charge in [0, 0.05) is 49.5 Å². The van der Waals surface area contributed by atoms with Crippen molar-refractivity contribution in [1.82, 2.24) is 25.0 Å². The Morgan fingerprint density at radius 2 is 2.21 bits per heavy atom. The van der Waals surface area contributed by atoms with E-state index in [-0.39, 0.29) is 25.1 Å². The highest BCUT2D eigenvalue weighted by Crippen LogP contribution is 2.25. The second-order valence-electron chi connectivity index (χ2n) is 7.03. The number of hydrogen-bond acceptors (Lipinski definition) is 5. The van der Waals surface area contributed by atoms with Gasteiger partial charge in [-0.2, -0.15) is 5.10 Å². The molecule has 0 aliphatic carbocycles. The van der Waals surface area contributed by atoms with E-state index in [1.807, 2.05) is 0 Å². The third-order valence-electron chi connectivity index (χ3n) is 5.10. The first kappa shape index (κ1) is 18.9. The van der Waals surface area contributed by atoms with Crippen molar-refractivity contribution < 1.29 is 14.7 Å². The maximum atomic E-state index is 12.8. The van der Waals surface area contributed by atoms with Gasteiger partial charge in [0.25, 0.3) is 5.91 Å². The highest BCUT2D eigenvalue weighted by molar-refractivity contribution is 5.97. The molecule has 1 aliphatic rings. The normalized spacial score (nSPS) is 13.2. The van der Waals surface area contributed by atoms with Crippen LogP contribution in [0.4, 0.5) is 10.5 Å². The Morgan fingerprint density at radius 3 is 3.03 bits per heavy atom. The summed E-state index contributed by atoms with van der Waals surface area (Å²) in [5.41, 5.74) is 3.94. The predicted octanol–water partition coefficient (Wildman–Crippen LogP) is 1.61. The van der Waals surface area contributed by atoms with Crippen molar-refractivity contribution >= 4 is 28.7 Å². The molecule has 0 saturated heterocycles. The highest BCUT2D eigenvalue weighted by atomic mass is 16.3. The highest BCUT2D eigenvalue weighted by Gasteiger charge is 2.23. The van der Waals surface area contributed by atoms with Crippen molar-refractivity contribution in [2.45, 2.75) is 13.0 Å². The monoisotopic (exact) mass is 394 g/mol. The standard InChI is InChI=1S/C20H22N6O3/c1-25(7-8-27)19(28)13-3-2-4-15(9-13)23-20(29)26-6-5-16-14(12-26)10-21-18-17(16)11-22-24-18/h2-4,9-11,27H,5-8,12H2,1H3,(H,23,29)(H,21,22,24). The number of anilines is 1. The molecule has 3 N–H and O–H groups in total. The molecule has 29 heavy (non-hydrogen) atoms. The van der Waals surface area contributed by atoms with E-state index in [1.54, 1.807) is 48.6 Å². The van der Waals surface area contributed by atoms with E-state index in [9.17, 15) is 9.59 Å². The number of pyridine rings is 1. The number of likely N-dealkylation sites (N-methyl/N-ethyl adjacent to an activating group) is 1. The lowest BCUT2D eigenvalue weighted by atomic mass is 9.99. The van der Waals surface area contributed by atoms with Crippen molar-refractivity contribution in [3.8, 4) is 0 Å². The number of rotatable bonds is 4. The molecule has 0 bridgehead atoms. The summed E-state index contributed by atoms with van der Waals surface area (Å²) in [5.74, 6) is -0.211. The Morgan fingerprint density at radius 1 is 1.34 bits per heavy atom. The van der Waals surface area contributed by atoms with Gasteiger partial charge < -0.3 is 20.2 Å². The summed E-state index contributed by atoms with van der Waals surface area (Å²) in [6.07, 6.45) is 4.28. The molecular weight excluding hydrogens is 372 g/mol. The Bertz CT molecular complexity index is 1060. The minimum Gasteiger partial charge on any atom is -0.395 e. The van der Waals surface area contributed by atoms with Crippen molar-refractivity contribution in [1.29, 1.82) is 0 Å². The number of hydrogen-bond donors (Lipinski definition) is 3. The van der Waals surface area contributed by atoms with Gasteiger partial charge in [0.15, 0.2) is 5.65 Å². The first-order valence-electron chi connectivity index (χ1n) is 9.39. The summed E-state index contributed by atoms with van der Waals surface area (Å²) in [6, 6.07) is 6.57. The first-order valence-corrected chi connectivity index (χ1v) is 9.39. The molecule has 1 aromatic carbocycles. The summed E-state index contributed by atoms with van der Waals surface area (Å²) < 4.78 is 0. The second kappa shape index (κ2) is 7.88. The molecule has 0 spiro atoms. The average molecular weight is 394 g/mol. The fourth-order valence-electron chi connectivity index (χ4n) is 3.53. The molecule has 0 unspecified atom stereocenters. The van der Waals surface area contributed by atoms with E-state index >= 15 is 0 Å². The van der Waals surface area contributed by atoms with Crippen LogP contribution in [0.1, 0.15) is 21.5 Å². The molecule has 3 aromatic rings. The number of nitrogens with one attached hydrogen (secondary N) is 2. The lowest BCUT2D eigenvalue weighted by molar-refractivity contribution is 0.0767. The Labute approximate surface area is 167 Å². The molecule has 4 rings (SSSR count). The number of carbonyl (C=O) groups excluding carboxylic acids is 2. The van der Waals surface area contributed by atoms with Crippen LogP contribution in [0.25, 0.3) is 11.0 Å². The molecule has 0 saturated carbocycles. The van der Waals surface area contributed by atoms with Gasteiger partial charge in [0.05, 0.1) is 12.8 Å². The number of benzene rings is 1. The van der Waals surface area contributed by atoms with Crippen LogP contribution >= 0.6 is 0 Å². The second-order valence-corrected chi connectivity index (χ2v) is 7.03. The fourth-order valence-corrected chi connectivity index (χ4v) is 3.53. The maximum Gasteiger partial charge on any atom is 0.322 e. The lowest BCUT2D eigenvalue weighted by Gasteiger charge is -2.29. The lowest BCUT2D eigenvalue weighted by Crippen LogP contribution is -2.39. The van der Waals surface area contributed by atoms with Gasteiger partial charge in [-0.25, -0.2) is 9.78 Å². The fraction of sp³-hybridized carbons (Fsp3) is 0.300. The molecule has 0 atom stereocenters. The zero-order valence-corrected chi connectivity index (χ0v) is 16.1. The van der Waals surface area contributed by atoms with Crippen molar-refractivity contribution in [3.63, 3.8) is 0 Å². The molecule has 2 aromatic heterocycles. The molecule has 0 radical (unpaired) electrons. The van der Waals surface area contributed by atoms with Gasteiger partial charge in [-0.1, -0.05) is 6.07 Å². The van der Waals surface area contributed by atoms with Crippen molar-refractivity contribution in [2.24, 2.45) is 0 Å². The van der Waals surface area contributed by atoms with Gasteiger partial charge in [-0.3, -0.25) is 9.89 Å². The molecule has 1 aliphatic heterocycles. The topological polar surface area (TPSA) is 114 Å². The number of aromatic amines is 1. The average Bonchev–Trinajstić information content (AvgIpc) is 3.22. The van der Waals surface area contributed by atoms with Gasteiger partial charge >= 0.3 is 6.03 Å². The summed E-state index contributed by atoms with van der Waals surface area (Å²) >= 11 is 0. The van der Waals surface area contributed by atoms with E-state index in [4.69, 9.17) is 5.11 Å². The smallest absolute Gasteiger partial charge is 0.322 e. The van der Waals surface area contributed by atoms with E-state index < -0.39 is 0 Å². The van der Waals surface area contributed by atoms with Gasteiger partial charge in [0.2, 0.25) is 0 Å². The van der Waals surface area contributed by atoms with Crippen molar-refractivity contribution in [3.05, 3.63) is 53.3 Å². The van der Waals surface area contributed by atoms with Crippen LogP contribution in [-0.4, -0.2) is 68.8 Å². The van der Waals surface area contributed by atoms with Crippen LogP contribution in [0.5, 0.6) is 0 Å². The van der Waals surface area contributed by atoms with Crippen LogP contribution in [0.2, 0.25) is 0 Å². The number of aliphatic hydroxyl groups is 1. The van der Waals surface area contributed by atoms with Crippen molar-refractivity contribution in [2.75, 3.05) is 32.1 Å². The number of urea groups is 1. The Balaban J connectivity index is 1.46. The number of H-pyrrole nitrogens is 1. The van der Waals surface area contributed by atoms with Crippen LogP contribution in [0.15, 0.2) is 36.7 Å². The molecule has 3 amide bonds. The maximum absolute atomic E-state index is 12.8. The van der Waals surface area contributed by atoms with E-state index in [2.05, 4.69) is 20.5 Å². The summed E-state index contributed by atoms with van der Waals surface area (Å²) in [5, 5.41) is 19.8. The number of fused-ring (bicyclic) bond motifs is 3. The molecule has 9 nitrogen and oxygen atoms in total. The SMILES string of the molecule is CN(CCO)C(=O)c1cccc(NC(=O)N2CCc3c(cnc4[nH]ncc34)C2)c1. The molecule has 150 valence electrons.